The van der Waals surface area contributed by atoms with Gasteiger partial charge in [-0.15, -0.1) is 0 Å². The standard InChI is InChI=1S/C4H4Cl2N2/c5-3-1-4(6)8-7-2-3/h1-2,7-8H. The van der Waals surface area contributed by atoms with E-state index >= 15 is 0 Å². The van der Waals surface area contributed by atoms with Gasteiger partial charge in [-0.2, -0.15) is 0 Å². The van der Waals surface area contributed by atoms with Crippen molar-refractivity contribution in [2.45, 2.75) is 0 Å². The molecular weight excluding hydrogens is 147 g/mol. The van der Waals surface area contributed by atoms with Crippen LogP contribution in [-0.2, 0) is 0 Å². The number of nitrogens with one attached hydrogen (secondary N) is 2. The van der Waals surface area contributed by atoms with Crippen molar-refractivity contribution < 1.29 is 0 Å². The second kappa shape index (κ2) is 2.29. The van der Waals surface area contributed by atoms with Crippen LogP contribution in [-0.4, -0.2) is 0 Å². The van der Waals surface area contributed by atoms with Gasteiger partial charge < -0.3 is 5.43 Å². The zero-order valence-electron chi connectivity index (χ0n) is 3.91. The predicted octanol–water partition coefficient (Wildman–Crippen LogP) is 1.25. The minimum atomic E-state index is 0.498. The molecule has 2 nitrogen and oxygen atoms in total. The molecule has 44 valence electrons. The molecule has 0 aromatic carbocycles. The summed E-state index contributed by atoms with van der Waals surface area (Å²) in [6.07, 6.45) is 3.22. The number of rotatable bonds is 0. The zero-order chi connectivity index (χ0) is 5.98. The highest BCUT2D eigenvalue weighted by molar-refractivity contribution is 6.34. The zero-order valence-corrected chi connectivity index (χ0v) is 5.42. The fourth-order valence-corrected chi connectivity index (χ4v) is 0.764. The molecule has 8 heavy (non-hydrogen) atoms. The van der Waals surface area contributed by atoms with E-state index in [4.69, 9.17) is 23.2 Å². The van der Waals surface area contributed by atoms with Gasteiger partial charge in [-0.25, -0.2) is 0 Å². The molecule has 0 radical (unpaired) electrons. The van der Waals surface area contributed by atoms with Gasteiger partial charge in [-0.1, -0.05) is 23.2 Å². The number of halogens is 2. The first kappa shape index (κ1) is 5.79. The van der Waals surface area contributed by atoms with Crippen LogP contribution in [0.1, 0.15) is 0 Å². The minimum absolute atomic E-state index is 0.498. The number of hydrazine groups is 1. The van der Waals surface area contributed by atoms with Gasteiger partial charge in [-0.05, 0) is 6.08 Å². The molecule has 0 atom stereocenters. The van der Waals surface area contributed by atoms with Gasteiger partial charge in [0.1, 0.15) is 5.16 Å². The van der Waals surface area contributed by atoms with Crippen molar-refractivity contribution >= 4 is 23.2 Å². The van der Waals surface area contributed by atoms with Gasteiger partial charge in [0.05, 0.1) is 5.03 Å². The summed E-state index contributed by atoms with van der Waals surface area (Å²) in [4.78, 5) is 0. The molecule has 0 bridgehead atoms. The van der Waals surface area contributed by atoms with Gasteiger partial charge in [0, 0.05) is 6.20 Å². The smallest absolute Gasteiger partial charge is 0.122 e. The highest BCUT2D eigenvalue weighted by atomic mass is 35.5. The lowest BCUT2D eigenvalue weighted by Crippen LogP contribution is -2.26. The molecule has 1 heterocycles. The Bertz CT molecular complexity index is 150. The van der Waals surface area contributed by atoms with Gasteiger partial charge in [-0.3, -0.25) is 5.43 Å². The van der Waals surface area contributed by atoms with Crippen molar-refractivity contribution in [3.8, 4) is 0 Å². The summed E-state index contributed by atoms with van der Waals surface area (Å²) < 4.78 is 0. The predicted molar refractivity (Wildman–Crippen MR) is 34.1 cm³/mol. The summed E-state index contributed by atoms with van der Waals surface area (Å²) in [6, 6.07) is 0. The van der Waals surface area contributed by atoms with Crippen molar-refractivity contribution in [2.75, 3.05) is 0 Å². The highest BCUT2D eigenvalue weighted by Crippen LogP contribution is 2.09. The molecule has 0 unspecified atom stereocenters. The van der Waals surface area contributed by atoms with Gasteiger partial charge in [0.25, 0.3) is 0 Å². The Morgan fingerprint density at radius 3 is 2.50 bits per heavy atom. The van der Waals surface area contributed by atoms with E-state index in [2.05, 4.69) is 10.9 Å². The topological polar surface area (TPSA) is 24.1 Å². The Morgan fingerprint density at radius 1 is 1.38 bits per heavy atom. The molecule has 0 aromatic heterocycles. The van der Waals surface area contributed by atoms with Gasteiger partial charge in [0.15, 0.2) is 0 Å². The number of hydrogen-bond acceptors (Lipinski definition) is 2. The lowest BCUT2D eigenvalue weighted by Gasteiger charge is -2.07. The third-order valence-electron chi connectivity index (χ3n) is 0.666. The van der Waals surface area contributed by atoms with Crippen LogP contribution in [0.3, 0.4) is 0 Å². The molecule has 0 aromatic rings. The van der Waals surface area contributed by atoms with Crippen LogP contribution < -0.4 is 10.9 Å². The maximum Gasteiger partial charge on any atom is 0.122 e. The maximum atomic E-state index is 5.51. The second-order valence-corrected chi connectivity index (χ2v) is 2.13. The summed E-state index contributed by atoms with van der Waals surface area (Å²) in [5, 5.41) is 1.09. The van der Waals surface area contributed by atoms with E-state index in [1.165, 1.54) is 0 Å². The van der Waals surface area contributed by atoms with E-state index in [1.54, 1.807) is 12.3 Å². The first-order valence-corrected chi connectivity index (χ1v) is 2.79. The van der Waals surface area contributed by atoms with E-state index in [0.717, 1.165) is 0 Å². The summed E-state index contributed by atoms with van der Waals surface area (Å²) in [7, 11) is 0. The van der Waals surface area contributed by atoms with Crippen LogP contribution in [0.25, 0.3) is 0 Å². The Balaban J connectivity index is 2.69. The summed E-state index contributed by atoms with van der Waals surface area (Å²) in [5.74, 6) is 0. The van der Waals surface area contributed by atoms with Crippen molar-refractivity contribution in [2.24, 2.45) is 0 Å². The first-order chi connectivity index (χ1) is 3.79. The molecule has 2 N–H and O–H groups in total. The van der Waals surface area contributed by atoms with Crippen molar-refractivity contribution in [3.05, 3.63) is 22.5 Å². The molecule has 0 saturated heterocycles. The fraction of sp³-hybridized carbons (Fsp3) is 0. The SMILES string of the molecule is ClC1=CNNC(Cl)=C1. The van der Waals surface area contributed by atoms with Crippen LogP contribution >= 0.6 is 23.2 Å². The molecule has 1 aliphatic heterocycles. The Kier molecular flexibility index (Phi) is 1.65. The van der Waals surface area contributed by atoms with Crippen LogP contribution in [0.2, 0.25) is 0 Å². The molecular formula is C4H4Cl2N2. The Morgan fingerprint density at radius 2 is 2.12 bits per heavy atom. The van der Waals surface area contributed by atoms with E-state index in [9.17, 15) is 0 Å². The lowest BCUT2D eigenvalue weighted by atomic mass is 10.5. The van der Waals surface area contributed by atoms with Crippen molar-refractivity contribution in [3.63, 3.8) is 0 Å². The number of allylic oxidation sites excluding steroid dienone is 2. The largest absolute Gasteiger partial charge is 0.306 e. The van der Waals surface area contributed by atoms with Crippen LogP contribution in [0.15, 0.2) is 22.5 Å². The van der Waals surface area contributed by atoms with Gasteiger partial charge in [0.2, 0.25) is 0 Å². The molecule has 1 rings (SSSR count). The molecule has 0 spiro atoms. The second-order valence-electron chi connectivity index (χ2n) is 1.29. The molecule has 4 heteroatoms. The molecule has 1 aliphatic rings. The lowest BCUT2D eigenvalue weighted by molar-refractivity contribution is 0.750. The van der Waals surface area contributed by atoms with E-state index in [0.29, 0.717) is 10.2 Å². The Hall–Kier alpha value is -0.340. The van der Waals surface area contributed by atoms with Gasteiger partial charge >= 0.3 is 0 Å². The average Bonchev–Trinajstić information content (AvgIpc) is 1.64. The van der Waals surface area contributed by atoms with E-state index in [1.807, 2.05) is 0 Å². The summed E-state index contributed by atoms with van der Waals surface area (Å²) in [6.45, 7) is 0. The number of hydrogen-bond donors (Lipinski definition) is 2. The molecule has 0 saturated carbocycles. The van der Waals surface area contributed by atoms with Crippen LogP contribution in [0.5, 0.6) is 0 Å². The monoisotopic (exact) mass is 150 g/mol. The van der Waals surface area contributed by atoms with Crippen LogP contribution in [0.4, 0.5) is 0 Å². The van der Waals surface area contributed by atoms with Crippen molar-refractivity contribution in [1.29, 1.82) is 0 Å². The summed E-state index contributed by atoms with van der Waals surface area (Å²) >= 11 is 11.0. The fourth-order valence-electron chi connectivity index (χ4n) is 0.373. The van der Waals surface area contributed by atoms with E-state index in [-0.39, 0.29) is 0 Å². The highest BCUT2D eigenvalue weighted by Gasteiger charge is 1.95. The minimum Gasteiger partial charge on any atom is -0.306 e. The molecule has 0 fully saturated rings. The average molecular weight is 151 g/mol. The van der Waals surface area contributed by atoms with Crippen molar-refractivity contribution in [1.82, 2.24) is 10.9 Å². The summed E-state index contributed by atoms with van der Waals surface area (Å²) in [5.41, 5.74) is 5.27. The maximum absolute atomic E-state index is 5.51. The normalized spacial score (nSPS) is 17.8. The Labute approximate surface area is 57.1 Å². The molecule has 0 amide bonds. The van der Waals surface area contributed by atoms with Crippen LogP contribution in [0, 0.1) is 0 Å². The quantitative estimate of drug-likeness (QED) is 0.509. The first-order valence-electron chi connectivity index (χ1n) is 2.03. The third-order valence-corrected chi connectivity index (χ3v) is 1.09. The third kappa shape index (κ3) is 1.32. The molecule has 0 aliphatic carbocycles. The van der Waals surface area contributed by atoms with E-state index < -0.39 is 0 Å².